The molecule has 1 fully saturated rings. The van der Waals surface area contributed by atoms with Crippen LogP contribution in [0.4, 0.5) is 0 Å². The molecule has 1 saturated heterocycles. The quantitative estimate of drug-likeness (QED) is 0.773. The van der Waals surface area contributed by atoms with Gasteiger partial charge < -0.3 is 14.9 Å². The third-order valence-electron chi connectivity index (χ3n) is 5.34. The Bertz CT molecular complexity index is 782. The smallest absolute Gasteiger partial charge is 0.272 e. The van der Waals surface area contributed by atoms with Gasteiger partial charge in [0.2, 0.25) is 0 Å². The number of hydrogen-bond acceptors (Lipinski definition) is 4. The molecule has 1 N–H and O–H groups in total. The van der Waals surface area contributed by atoms with Crippen LogP contribution in [-0.2, 0) is 13.0 Å². The maximum atomic E-state index is 12.7. The van der Waals surface area contributed by atoms with E-state index in [4.69, 9.17) is 11.6 Å². The molecule has 0 aliphatic carbocycles. The molecule has 1 aliphatic rings. The summed E-state index contributed by atoms with van der Waals surface area (Å²) in [4.78, 5) is 21.1. The first-order chi connectivity index (χ1) is 13.5. The maximum absolute atomic E-state index is 12.7. The van der Waals surface area contributed by atoms with Gasteiger partial charge in [-0.3, -0.25) is 9.78 Å². The zero-order valence-corrected chi connectivity index (χ0v) is 17.1. The number of carbonyl (C=O) groups is 1. The molecular weight excluding hydrogens is 374 g/mol. The van der Waals surface area contributed by atoms with Crippen LogP contribution < -0.4 is 0 Å². The van der Waals surface area contributed by atoms with Crippen molar-refractivity contribution in [3.05, 3.63) is 64.4 Å². The van der Waals surface area contributed by atoms with Crippen molar-refractivity contribution in [2.24, 2.45) is 5.92 Å². The maximum Gasteiger partial charge on any atom is 0.272 e. The zero-order chi connectivity index (χ0) is 19.9. The van der Waals surface area contributed by atoms with Crippen LogP contribution in [0.25, 0.3) is 0 Å². The highest BCUT2D eigenvalue weighted by Gasteiger charge is 2.23. The molecular formula is C22H28ClN3O2. The summed E-state index contributed by atoms with van der Waals surface area (Å²) >= 11 is 5.96. The van der Waals surface area contributed by atoms with Gasteiger partial charge in [-0.15, -0.1) is 0 Å². The van der Waals surface area contributed by atoms with Crippen LogP contribution in [0.1, 0.15) is 34.5 Å². The second kappa shape index (κ2) is 10.0. The number of benzene rings is 1. The van der Waals surface area contributed by atoms with Gasteiger partial charge in [-0.2, -0.15) is 0 Å². The van der Waals surface area contributed by atoms with Crippen molar-refractivity contribution in [1.29, 1.82) is 0 Å². The molecule has 28 heavy (non-hydrogen) atoms. The number of pyridine rings is 1. The predicted molar refractivity (Wildman–Crippen MR) is 111 cm³/mol. The van der Waals surface area contributed by atoms with Crippen LogP contribution in [0.15, 0.2) is 42.6 Å². The molecule has 2 heterocycles. The van der Waals surface area contributed by atoms with Crippen LogP contribution in [0.2, 0.25) is 5.02 Å². The normalized spacial score (nSPS) is 17.5. The fourth-order valence-corrected chi connectivity index (χ4v) is 3.92. The standard InChI is InChI=1S/C22H28ClN3O2/c1-25(22(28)21-13-18(16-27)8-10-24-21)14-19-3-2-11-26(15-19)12-9-17-4-6-20(23)7-5-17/h4-8,10,13,19,27H,2-3,9,11-12,14-16H2,1H3/t19-/m0/s1. The highest BCUT2D eigenvalue weighted by Crippen LogP contribution is 2.19. The van der Waals surface area contributed by atoms with E-state index in [1.807, 2.05) is 19.2 Å². The highest BCUT2D eigenvalue weighted by atomic mass is 35.5. The predicted octanol–water partition coefficient (Wildman–Crippen LogP) is 3.25. The number of likely N-dealkylation sites (tertiary alicyclic amines) is 1. The number of aliphatic hydroxyl groups excluding tert-OH is 1. The number of aliphatic hydroxyl groups is 1. The van der Waals surface area contributed by atoms with Crippen molar-refractivity contribution in [2.75, 3.05) is 33.2 Å². The molecule has 0 spiro atoms. The summed E-state index contributed by atoms with van der Waals surface area (Å²) in [7, 11) is 1.84. The Hall–Kier alpha value is -1.95. The number of rotatable bonds is 7. The van der Waals surface area contributed by atoms with Gasteiger partial charge in [-0.25, -0.2) is 0 Å². The highest BCUT2D eigenvalue weighted by molar-refractivity contribution is 6.30. The van der Waals surface area contributed by atoms with E-state index in [0.29, 0.717) is 17.2 Å². The SMILES string of the molecule is CN(C[C@@H]1CCCN(CCc2ccc(Cl)cc2)C1)C(=O)c1cc(CO)ccn1. The molecule has 2 aromatic rings. The van der Waals surface area contributed by atoms with Gasteiger partial charge in [0.15, 0.2) is 0 Å². The fourth-order valence-electron chi connectivity index (χ4n) is 3.80. The minimum Gasteiger partial charge on any atom is -0.392 e. The Morgan fingerprint density at radius 1 is 1.29 bits per heavy atom. The van der Waals surface area contributed by atoms with Crippen LogP contribution in [0.3, 0.4) is 0 Å². The lowest BCUT2D eigenvalue weighted by molar-refractivity contribution is 0.0724. The van der Waals surface area contributed by atoms with Gasteiger partial charge in [-0.05, 0) is 67.1 Å². The monoisotopic (exact) mass is 401 g/mol. The van der Waals surface area contributed by atoms with Crippen LogP contribution >= 0.6 is 11.6 Å². The molecule has 0 radical (unpaired) electrons. The van der Waals surface area contributed by atoms with Crippen molar-refractivity contribution in [1.82, 2.24) is 14.8 Å². The number of carbonyl (C=O) groups excluding carboxylic acids is 1. The number of nitrogens with zero attached hydrogens (tertiary/aromatic N) is 3. The topological polar surface area (TPSA) is 56.7 Å². The van der Waals surface area contributed by atoms with Crippen molar-refractivity contribution < 1.29 is 9.90 Å². The van der Waals surface area contributed by atoms with Crippen molar-refractivity contribution in [3.8, 4) is 0 Å². The summed E-state index contributed by atoms with van der Waals surface area (Å²) in [6.45, 7) is 3.78. The molecule has 3 rings (SSSR count). The number of aromatic nitrogens is 1. The lowest BCUT2D eigenvalue weighted by Crippen LogP contribution is -2.42. The molecule has 1 aromatic carbocycles. The molecule has 1 atom stereocenters. The van der Waals surface area contributed by atoms with Crippen LogP contribution in [0.5, 0.6) is 0 Å². The molecule has 1 aromatic heterocycles. The summed E-state index contributed by atoms with van der Waals surface area (Å²) in [6, 6.07) is 11.4. The number of amides is 1. The van der Waals surface area contributed by atoms with Crippen molar-refractivity contribution >= 4 is 17.5 Å². The van der Waals surface area contributed by atoms with Gasteiger partial charge in [0.1, 0.15) is 5.69 Å². The van der Waals surface area contributed by atoms with E-state index in [0.717, 1.165) is 50.5 Å². The molecule has 1 aliphatic heterocycles. The Balaban J connectivity index is 1.50. The molecule has 5 nitrogen and oxygen atoms in total. The van der Waals surface area contributed by atoms with E-state index in [-0.39, 0.29) is 12.5 Å². The summed E-state index contributed by atoms with van der Waals surface area (Å²) in [5, 5.41) is 10.0. The van der Waals surface area contributed by atoms with Crippen molar-refractivity contribution in [3.63, 3.8) is 0 Å². The van der Waals surface area contributed by atoms with Crippen LogP contribution in [-0.4, -0.2) is 59.0 Å². The van der Waals surface area contributed by atoms with Gasteiger partial charge in [-0.1, -0.05) is 23.7 Å². The van der Waals surface area contributed by atoms with E-state index in [1.54, 1.807) is 23.2 Å². The molecule has 0 saturated carbocycles. The molecule has 6 heteroatoms. The van der Waals surface area contributed by atoms with E-state index < -0.39 is 0 Å². The lowest BCUT2D eigenvalue weighted by atomic mass is 9.97. The van der Waals surface area contributed by atoms with Crippen molar-refractivity contribution in [2.45, 2.75) is 25.9 Å². The largest absolute Gasteiger partial charge is 0.392 e. The number of halogens is 1. The summed E-state index contributed by atoms with van der Waals surface area (Å²) in [5.41, 5.74) is 2.40. The van der Waals surface area contributed by atoms with Gasteiger partial charge in [0, 0.05) is 37.9 Å². The van der Waals surface area contributed by atoms with Gasteiger partial charge >= 0.3 is 0 Å². The summed E-state index contributed by atoms with van der Waals surface area (Å²) < 4.78 is 0. The third kappa shape index (κ3) is 5.77. The first-order valence-corrected chi connectivity index (χ1v) is 10.2. The first kappa shape index (κ1) is 20.8. The molecule has 0 unspecified atom stereocenters. The van der Waals surface area contributed by atoms with Gasteiger partial charge in [0.25, 0.3) is 5.91 Å². The molecule has 0 bridgehead atoms. The zero-order valence-electron chi connectivity index (χ0n) is 16.4. The summed E-state index contributed by atoms with van der Waals surface area (Å²) in [6.07, 6.45) is 4.88. The van der Waals surface area contributed by atoms with E-state index in [1.165, 1.54) is 5.56 Å². The van der Waals surface area contributed by atoms with Crippen LogP contribution in [0, 0.1) is 5.92 Å². The Morgan fingerprint density at radius 2 is 2.07 bits per heavy atom. The second-order valence-electron chi connectivity index (χ2n) is 7.58. The molecule has 150 valence electrons. The van der Waals surface area contributed by atoms with E-state index >= 15 is 0 Å². The lowest BCUT2D eigenvalue weighted by Gasteiger charge is -2.34. The average molecular weight is 402 g/mol. The Kier molecular flexibility index (Phi) is 7.43. The summed E-state index contributed by atoms with van der Waals surface area (Å²) in [5.74, 6) is 0.377. The van der Waals surface area contributed by atoms with E-state index in [2.05, 4.69) is 22.0 Å². The minimum absolute atomic E-state index is 0.0856. The van der Waals surface area contributed by atoms with E-state index in [9.17, 15) is 9.90 Å². The average Bonchev–Trinajstić information content (AvgIpc) is 2.73. The number of piperidine rings is 1. The number of hydrogen-bond donors (Lipinski definition) is 1. The Morgan fingerprint density at radius 3 is 2.82 bits per heavy atom. The third-order valence-corrected chi connectivity index (χ3v) is 5.59. The van der Waals surface area contributed by atoms with Gasteiger partial charge in [0.05, 0.1) is 6.61 Å². The second-order valence-corrected chi connectivity index (χ2v) is 8.01. The first-order valence-electron chi connectivity index (χ1n) is 9.83. The molecule has 1 amide bonds. The Labute approximate surface area is 171 Å². The fraction of sp³-hybridized carbons (Fsp3) is 0.455. The minimum atomic E-state index is -0.0893.